The summed E-state index contributed by atoms with van der Waals surface area (Å²) in [7, 11) is 0. The summed E-state index contributed by atoms with van der Waals surface area (Å²) < 4.78 is 0. The van der Waals surface area contributed by atoms with Crippen molar-refractivity contribution in [3.8, 4) is 0 Å². The van der Waals surface area contributed by atoms with Gasteiger partial charge in [-0.2, -0.15) is 0 Å². The molecule has 2 N–H and O–H groups in total. The highest BCUT2D eigenvalue weighted by molar-refractivity contribution is 7.09. The second-order valence-electron chi connectivity index (χ2n) is 3.97. The average molecular weight is 225 g/mol. The lowest BCUT2D eigenvalue weighted by Gasteiger charge is -2.31. The minimum atomic E-state index is -0.712. The monoisotopic (exact) mass is 225 g/mol. The second-order valence-corrected chi connectivity index (χ2v) is 5.00. The van der Waals surface area contributed by atoms with Crippen LogP contribution in [0.1, 0.15) is 24.1 Å². The van der Waals surface area contributed by atoms with Gasteiger partial charge >= 0.3 is 5.97 Å². The third kappa shape index (κ3) is 2.58. The van der Waals surface area contributed by atoms with Gasteiger partial charge in [-0.05, 0) is 30.2 Å². The first kappa shape index (κ1) is 10.6. The van der Waals surface area contributed by atoms with Crippen LogP contribution in [0.25, 0.3) is 0 Å². The van der Waals surface area contributed by atoms with Gasteiger partial charge in [0, 0.05) is 11.4 Å². The van der Waals surface area contributed by atoms with E-state index >= 15 is 0 Å². The standard InChI is InChI=1S/C11H15NO2S/c13-11(14)10(8-3-1-4-8)12-7-9-5-2-6-15-9/h2,5-6,8,10,12H,1,3-4,7H2,(H,13,14). The summed E-state index contributed by atoms with van der Waals surface area (Å²) in [6, 6.07) is 3.65. The van der Waals surface area contributed by atoms with Crippen LogP contribution in [0.3, 0.4) is 0 Å². The lowest BCUT2D eigenvalue weighted by molar-refractivity contribution is -0.142. The zero-order valence-corrected chi connectivity index (χ0v) is 9.30. The fraction of sp³-hybridized carbons (Fsp3) is 0.545. The molecule has 4 heteroatoms. The van der Waals surface area contributed by atoms with E-state index in [9.17, 15) is 4.79 Å². The predicted molar refractivity (Wildman–Crippen MR) is 59.9 cm³/mol. The number of carboxylic acids is 1. The van der Waals surface area contributed by atoms with Crippen LogP contribution in [0.2, 0.25) is 0 Å². The van der Waals surface area contributed by atoms with Gasteiger partial charge in [-0.25, -0.2) is 0 Å². The van der Waals surface area contributed by atoms with Crippen molar-refractivity contribution in [3.05, 3.63) is 22.4 Å². The van der Waals surface area contributed by atoms with E-state index in [1.165, 1.54) is 11.3 Å². The molecule has 1 fully saturated rings. The van der Waals surface area contributed by atoms with Gasteiger partial charge in [-0.3, -0.25) is 10.1 Å². The summed E-state index contributed by atoms with van der Waals surface area (Å²) in [5, 5.41) is 14.2. The molecule has 1 aromatic rings. The van der Waals surface area contributed by atoms with Crippen LogP contribution in [-0.2, 0) is 11.3 Å². The maximum atomic E-state index is 11.0. The minimum absolute atomic E-state index is 0.336. The molecular weight excluding hydrogens is 210 g/mol. The average Bonchev–Trinajstić information content (AvgIpc) is 2.60. The third-order valence-corrected chi connectivity index (χ3v) is 3.84. The Morgan fingerprint density at radius 2 is 2.47 bits per heavy atom. The number of nitrogens with one attached hydrogen (secondary N) is 1. The Balaban J connectivity index is 1.86. The number of carbonyl (C=O) groups is 1. The van der Waals surface area contributed by atoms with Crippen molar-refractivity contribution >= 4 is 17.3 Å². The molecule has 82 valence electrons. The summed E-state index contributed by atoms with van der Waals surface area (Å²) in [4.78, 5) is 12.2. The normalized spacial score (nSPS) is 18.4. The van der Waals surface area contributed by atoms with Crippen molar-refractivity contribution in [1.82, 2.24) is 5.32 Å². The molecule has 1 heterocycles. The summed E-state index contributed by atoms with van der Waals surface area (Å²) >= 11 is 1.66. The molecule has 1 aliphatic carbocycles. The van der Waals surface area contributed by atoms with E-state index in [-0.39, 0.29) is 6.04 Å². The van der Waals surface area contributed by atoms with Gasteiger partial charge in [0.05, 0.1) is 0 Å². The van der Waals surface area contributed by atoms with Crippen LogP contribution in [0, 0.1) is 5.92 Å². The molecule has 0 spiro atoms. The van der Waals surface area contributed by atoms with E-state index in [4.69, 9.17) is 5.11 Å². The highest BCUT2D eigenvalue weighted by Gasteiger charge is 2.31. The number of aliphatic carboxylic acids is 1. The van der Waals surface area contributed by atoms with Crippen LogP contribution < -0.4 is 5.32 Å². The largest absolute Gasteiger partial charge is 0.480 e. The van der Waals surface area contributed by atoms with Gasteiger partial charge in [0.2, 0.25) is 0 Å². The number of thiophene rings is 1. The summed E-state index contributed by atoms with van der Waals surface area (Å²) in [5.74, 6) is -0.376. The van der Waals surface area contributed by atoms with Gasteiger partial charge in [0.25, 0.3) is 0 Å². The molecule has 1 atom stereocenters. The van der Waals surface area contributed by atoms with E-state index in [1.54, 1.807) is 11.3 Å². The van der Waals surface area contributed by atoms with Crippen LogP contribution in [0.5, 0.6) is 0 Å². The highest BCUT2D eigenvalue weighted by Crippen LogP contribution is 2.29. The molecular formula is C11H15NO2S. The third-order valence-electron chi connectivity index (χ3n) is 2.96. The molecule has 1 saturated carbocycles. The quantitative estimate of drug-likeness (QED) is 0.806. The van der Waals surface area contributed by atoms with Crippen LogP contribution in [0.4, 0.5) is 0 Å². The Morgan fingerprint density at radius 3 is 2.93 bits per heavy atom. The smallest absolute Gasteiger partial charge is 0.320 e. The van der Waals surface area contributed by atoms with Crippen molar-refractivity contribution in [2.75, 3.05) is 0 Å². The van der Waals surface area contributed by atoms with E-state index in [0.717, 1.165) is 12.8 Å². The summed E-state index contributed by atoms with van der Waals surface area (Å²) in [6.07, 6.45) is 3.28. The van der Waals surface area contributed by atoms with Gasteiger partial charge in [0.15, 0.2) is 0 Å². The Kier molecular flexibility index (Phi) is 3.38. The Hall–Kier alpha value is -0.870. The van der Waals surface area contributed by atoms with Gasteiger partial charge in [-0.1, -0.05) is 12.5 Å². The molecule has 3 nitrogen and oxygen atoms in total. The lowest BCUT2D eigenvalue weighted by Crippen LogP contribution is -2.44. The van der Waals surface area contributed by atoms with Gasteiger partial charge in [-0.15, -0.1) is 11.3 Å². The second kappa shape index (κ2) is 4.77. The molecule has 1 unspecified atom stereocenters. The first-order valence-corrected chi connectivity index (χ1v) is 6.14. The molecule has 1 aromatic heterocycles. The van der Waals surface area contributed by atoms with E-state index < -0.39 is 5.97 Å². The first-order chi connectivity index (χ1) is 7.27. The Labute approximate surface area is 93.1 Å². The fourth-order valence-electron chi connectivity index (χ4n) is 1.85. The number of rotatable bonds is 5. The molecule has 2 rings (SSSR count). The van der Waals surface area contributed by atoms with Gasteiger partial charge in [0.1, 0.15) is 6.04 Å². The summed E-state index contributed by atoms with van der Waals surface area (Å²) in [5.41, 5.74) is 0. The van der Waals surface area contributed by atoms with Gasteiger partial charge < -0.3 is 5.11 Å². The molecule has 0 saturated heterocycles. The van der Waals surface area contributed by atoms with Crippen molar-refractivity contribution in [1.29, 1.82) is 0 Å². The topological polar surface area (TPSA) is 49.3 Å². The SMILES string of the molecule is O=C(O)C(NCc1cccs1)C1CCC1. The molecule has 0 aromatic carbocycles. The number of hydrogen-bond donors (Lipinski definition) is 2. The number of hydrogen-bond acceptors (Lipinski definition) is 3. The molecule has 1 aliphatic rings. The number of carboxylic acid groups (broad SMARTS) is 1. The molecule has 0 amide bonds. The molecule has 0 bridgehead atoms. The Bertz CT molecular complexity index is 319. The molecule has 15 heavy (non-hydrogen) atoms. The van der Waals surface area contributed by atoms with Crippen LogP contribution in [-0.4, -0.2) is 17.1 Å². The van der Waals surface area contributed by atoms with Crippen molar-refractivity contribution < 1.29 is 9.90 Å². The maximum absolute atomic E-state index is 11.0. The van der Waals surface area contributed by atoms with E-state index in [0.29, 0.717) is 12.5 Å². The fourth-order valence-corrected chi connectivity index (χ4v) is 2.51. The van der Waals surface area contributed by atoms with E-state index in [1.807, 2.05) is 17.5 Å². The molecule has 0 aliphatic heterocycles. The van der Waals surface area contributed by atoms with Crippen LogP contribution >= 0.6 is 11.3 Å². The maximum Gasteiger partial charge on any atom is 0.320 e. The highest BCUT2D eigenvalue weighted by atomic mass is 32.1. The predicted octanol–water partition coefficient (Wildman–Crippen LogP) is 2.09. The molecule has 0 radical (unpaired) electrons. The summed E-state index contributed by atoms with van der Waals surface area (Å²) in [6.45, 7) is 0.672. The lowest BCUT2D eigenvalue weighted by atomic mass is 9.79. The van der Waals surface area contributed by atoms with E-state index in [2.05, 4.69) is 5.32 Å². The van der Waals surface area contributed by atoms with Crippen molar-refractivity contribution in [2.45, 2.75) is 31.8 Å². The Morgan fingerprint density at radius 1 is 1.67 bits per heavy atom. The van der Waals surface area contributed by atoms with Crippen molar-refractivity contribution in [2.24, 2.45) is 5.92 Å². The zero-order chi connectivity index (χ0) is 10.7. The minimum Gasteiger partial charge on any atom is -0.480 e. The van der Waals surface area contributed by atoms with Crippen molar-refractivity contribution in [3.63, 3.8) is 0 Å². The zero-order valence-electron chi connectivity index (χ0n) is 8.48. The van der Waals surface area contributed by atoms with Crippen LogP contribution in [0.15, 0.2) is 17.5 Å². The first-order valence-electron chi connectivity index (χ1n) is 5.26.